The number of hydrogen-bond acceptors (Lipinski definition) is 4. The highest BCUT2D eigenvalue weighted by Crippen LogP contribution is 2.21. The molecule has 3 aromatic rings. The van der Waals surface area contributed by atoms with Crippen molar-refractivity contribution in [3.63, 3.8) is 0 Å². The summed E-state index contributed by atoms with van der Waals surface area (Å²) < 4.78 is 26.5. The number of benzene rings is 3. The molecule has 7 nitrogen and oxygen atoms in total. The van der Waals surface area contributed by atoms with E-state index in [4.69, 9.17) is 0 Å². The molecule has 0 spiro atoms. The van der Waals surface area contributed by atoms with E-state index in [0.717, 1.165) is 32.8 Å². The average molecular weight is 508 g/mol. The van der Waals surface area contributed by atoms with Crippen molar-refractivity contribution in [3.8, 4) is 0 Å². The average Bonchev–Trinajstić information content (AvgIpc) is 2.85. The fourth-order valence-corrected chi connectivity index (χ4v) is 4.85. The molecular formula is C28H33N3O4S. The first-order valence-corrected chi connectivity index (χ1v) is 13.6. The quantitative estimate of drug-likeness (QED) is 0.455. The Morgan fingerprint density at radius 2 is 1.53 bits per heavy atom. The molecule has 0 bridgehead atoms. The van der Waals surface area contributed by atoms with E-state index in [9.17, 15) is 18.0 Å². The number of carbonyl (C=O) groups excluding carboxylic acids is 2. The lowest BCUT2D eigenvalue weighted by Crippen LogP contribution is -2.52. The second-order valence-electron chi connectivity index (χ2n) is 8.94. The Bertz CT molecular complexity index is 1290. The molecule has 2 amide bonds. The van der Waals surface area contributed by atoms with Gasteiger partial charge in [-0.05, 0) is 42.7 Å². The van der Waals surface area contributed by atoms with E-state index < -0.39 is 28.5 Å². The minimum atomic E-state index is -3.77. The standard InChI is InChI=1S/C28H33N3O4S/c1-21-13-15-24(16-14-21)19-30(26(28(33)29-3)18-23-10-6-5-7-11-23)27(32)20-31(36(4,34)35)25-12-8-9-22(2)17-25/h5-17,26H,18-20H2,1-4H3,(H,29,33)/t26-/m1/s1. The van der Waals surface area contributed by atoms with Crippen LogP contribution < -0.4 is 9.62 Å². The fraction of sp³-hybridized carbons (Fsp3) is 0.286. The Kier molecular flexibility index (Phi) is 8.88. The number of nitrogens with zero attached hydrogens (tertiary/aromatic N) is 2. The third kappa shape index (κ3) is 7.18. The van der Waals surface area contributed by atoms with E-state index in [0.29, 0.717) is 12.1 Å². The summed E-state index contributed by atoms with van der Waals surface area (Å²) in [5.41, 5.74) is 4.09. The summed E-state index contributed by atoms with van der Waals surface area (Å²) in [6.45, 7) is 3.57. The lowest BCUT2D eigenvalue weighted by atomic mass is 10.0. The van der Waals surface area contributed by atoms with Crippen LogP contribution in [0.15, 0.2) is 78.9 Å². The molecule has 0 radical (unpaired) electrons. The van der Waals surface area contributed by atoms with Crippen LogP contribution >= 0.6 is 0 Å². The molecule has 1 atom stereocenters. The number of nitrogens with one attached hydrogen (secondary N) is 1. The highest BCUT2D eigenvalue weighted by molar-refractivity contribution is 7.92. The highest BCUT2D eigenvalue weighted by Gasteiger charge is 2.32. The summed E-state index contributed by atoms with van der Waals surface area (Å²) in [6.07, 6.45) is 1.37. The maximum Gasteiger partial charge on any atom is 0.244 e. The van der Waals surface area contributed by atoms with E-state index >= 15 is 0 Å². The predicted octanol–water partition coefficient (Wildman–Crippen LogP) is 3.46. The Hall–Kier alpha value is -3.65. The molecule has 190 valence electrons. The second kappa shape index (κ2) is 11.9. The summed E-state index contributed by atoms with van der Waals surface area (Å²) >= 11 is 0. The summed E-state index contributed by atoms with van der Waals surface area (Å²) in [6, 6.07) is 23.3. The molecular weight excluding hydrogens is 474 g/mol. The van der Waals surface area contributed by atoms with Gasteiger partial charge in [-0.3, -0.25) is 13.9 Å². The Labute approximate surface area is 213 Å². The van der Waals surface area contributed by atoms with Gasteiger partial charge in [0.05, 0.1) is 11.9 Å². The Balaban J connectivity index is 2.01. The van der Waals surface area contributed by atoms with E-state index in [2.05, 4.69) is 5.32 Å². The normalized spacial score (nSPS) is 12.0. The van der Waals surface area contributed by atoms with Crippen molar-refractivity contribution in [1.82, 2.24) is 10.2 Å². The number of carbonyl (C=O) groups is 2. The van der Waals surface area contributed by atoms with Crippen molar-refractivity contribution in [3.05, 3.63) is 101 Å². The van der Waals surface area contributed by atoms with E-state index in [1.807, 2.05) is 74.5 Å². The number of likely N-dealkylation sites (N-methyl/N-ethyl adjacent to an activating group) is 1. The van der Waals surface area contributed by atoms with Crippen LogP contribution in [0.4, 0.5) is 5.69 Å². The predicted molar refractivity (Wildman–Crippen MR) is 143 cm³/mol. The zero-order chi connectivity index (χ0) is 26.3. The van der Waals surface area contributed by atoms with Gasteiger partial charge in [-0.15, -0.1) is 0 Å². The smallest absolute Gasteiger partial charge is 0.244 e. The largest absolute Gasteiger partial charge is 0.357 e. The molecule has 3 aromatic carbocycles. The monoisotopic (exact) mass is 507 g/mol. The van der Waals surface area contributed by atoms with Crippen LogP contribution in [0.1, 0.15) is 22.3 Å². The first-order chi connectivity index (χ1) is 17.1. The van der Waals surface area contributed by atoms with Gasteiger partial charge in [0.1, 0.15) is 12.6 Å². The van der Waals surface area contributed by atoms with Crippen molar-refractivity contribution < 1.29 is 18.0 Å². The minimum absolute atomic E-state index is 0.162. The van der Waals surface area contributed by atoms with Crippen molar-refractivity contribution >= 4 is 27.5 Å². The van der Waals surface area contributed by atoms with Crippen LogP contribution in [0.5, 0.6) is 0 Å². The summed E-state index contributed by atoms with van der Waals surface area (Å²) in [4.78, 5) is 28.4. The highest BCUT2D eigenvalue weighted by atomic mass is 32.2. The summed E-state index contributed by atoms with van der Waals surface area (Å²) in [7, 11) is -2.23. The van der Waals surface area contributed by atoms with Gasteiger partial charge < -0.3 is 10.2 Å². The molecule has 3 rings (SSSR count). The summed E-state index contributed by atoms with van der Waals surface area (Å²) in [5, 5.41) is 2.67. The third-order valence-corrected chi connectivity index (χ3v) is 7.10. The molecule has 0 aromatic heterocycles. The van der Waals surface area contributed by atoms with Gasteiger partial charge in [0.2, 0.25) is 21.8 Å². The molecule has 36 heavy (non-hydrogen) atoms. The molecule has 0 aliphatic heterocycles. The van der Waals surface area contributed by atoms with Crippen LogP contribution in [0.2, 0.25) is 0 Å². The Morgan fingerprint density at radius 1 is 0.861 bits per heavy atom. The van der Waals surface area contributed by atoms with Gasteiger partial charge in [-0.1, -0.05) is 72.3 Å². The first-order valence-electron chi connectivity index (χ1n) is 11.7. The van der Waals surface area contributed by atoms with Crippen molar-refractivity contribution in [2.75, 3.05) is 24.2 Å². The lowest BCUT2D eigenvalue weighted by molar-refractivity contribution is -0.139. The van der Waals surface area contributed by atoms with Crippen LogP contribution in [0.25, 0.3) is 0 Å². The molecule has 0 fully saturated rings. The number of hydrogen-bond donors (Lipinski definition) is 1. The van der Waals surface area contributed by atoms with E-state index in [1.54, 1.807) is 18.2 Å². The van der Waals surface area contributed by atoms with Gasteiger partial charge >= 0.3 is 0 Å². The number of rotatable bonds is 10. The van der Waals surface area contributed by atoms with Crippen molar-refractivity contribution in [2.45, 2.75) is 32.9 Å². The lowest BCUT2D eigenvalue weighted by Gasteiger charge is -2.33. The van der Waals surface area contributed by atoms with Gasteiger partial charge in [0.25, 0.3) is 0 Å². The SMILES string of the molecule is CNC(=O)[C@@H](Cc1ccccc1)N(Cc1ccc(C)cc1)C(=O)CN(c1cccc(C)c1)S(C)(=O)=O. The topological polar surface area (TPSA) is 86.8 Å². The molecule has 0 unspecified atom stereocenters. The van der Waals surface area contributed by atoms with Crippen molar-refractivity contribution in [2.24, 2.45) is 0 Å². The maximum absolute atomic E-state index is 13.8. The second-order valence-corrected chi connectivity index (χ2v) is 10.8. The number of anilines is 1. The van der Waals surface area contributed by atoms with Crippen LogP contribution in [0.3, 0.4) is 0 Å². The molecule has 8 heteroatoms. The molecule has 1 N–H and O–H groups in total. The number of amides is 2. The van der Waals surface area contributed by atoms with Crippen LogP contribution in [0, 0.1) is 13.8 Å². The van der Waals surface area contributed by atoms with Gasteiger partial charge in [0.15, 0.2) is 0 Å². The maximum atomic E-state index is 13.8. The van der Waals surface area contributed by atoms with Crippen LogP contribution in [-0.2, 0) is 32.6 Å². The third-order valence-electron chi connectivity index (χ3n) is 5.96. The first kappa shape index (κ1) is 26.9. The molecule has 0 aliphatic carbocycles. The molecule has 0 aliphatic rings. The number of aryl methyl sites for hydroxylation is 2. The van der Waals surface area contributed by atoms with E-state index in [1.165, 1.54) is 11.9 Å². The minimum Gasteiger partial charge on any atom is -0.357 e. The van der Waals surface area contributed by atoms with Gasteiger partial charge in [-0.2, -0.15) is 0 Å². The molecule has 0 saturated carbocycles. The fourth-order valence-electron chi connectivity index (χ4n) is 4.01. The Morgan fingerprint density at radius 3 is 2.11 bits per heavy atom. The zero-order valence-corrected chi connectivity index (χ0v) is 22.0. The zero-order valence-electron chi connectivity index (χ0n) is 21.1. The summed E-state index contributed by atoms with van der Waals surface area (Å²) in [5.74, 6) is -0.784. The van der Waals surface area contributed by atoms with Crippen molar-refractivity contribution in [1.29, 1.82) is 0 Å². The molecule has 0 saturated heterocycles. The number of sulfonamides is 1. The molecule has 0 heterocycles. The van der Waals surface area contributed by atoms with Gasteiger partial charge in [0, 0.05) is 20.0 Å². The van der Waals surface area contributed by atoms with Gasteiger partial charge in [-0.25, -0.2) is 8.42 Å². The van der Waals surface area contributed by atoms with E-state index in [-0.39, 0.29) is 12.5 Å². The van der Waals surface area contributed by atoms with Crippen LogP contribution in [-0.4, -0.2) is 51.0 Å².